The fourth-order valence-corrected chi connectivity index (χ4v) is 17.1. The number of hydrogen-bond donors (Lipinski definition) is 8. The van der Waals surface area contributed by atoms with Gasteiger partial charge in [-0.2, -0.15) is 0 Å². The average Bonchev–Trinajstić information content (AvgIpc) is 1.65. The van der Waals surface area contributed by atoms with Crippen molar-refractivity contribution in [3.63, 3.8) is 0 Å². The van der Waals surface area contributed by atoms with Crippen LogP contribution in [0.2, 0.25) is 0 Å². The molecule has 0 radical (unpaired) electrons. The Morgan fingerprint density at radius 1 is 0.366 bits per heavy atom. The van der Waals surface area contributed by atoms with Gasteiger partial charge >= 0.3 is 23.9 Å². The van der Waals surface area contributed by atoms with Gasteiger partial charge in [0, 0.05) is 64.6 Å². The number of aromatic nitrogens is 1. The zero-order valence-electron chi connectivity index (χ0n) is 66.2. The summed E-state index contributed by atoms with van der Waals surface area (Å²) < 4.78 is 56.4. The van der Waals surface area contributed by atoms with E-state index in [1.54, 1.807) is 178 Å². The van der Waals surface area contributed by atoms with Gasteiger partial charge < -0.3 is 74.0 Å². The fourth-order valence-electron chi connectivity index (χ4n) is 12.4. The molecular formula is C98H76FNO19S4. The van der Waals surface area contributed by atoms with Crippen LogP contribution in [0.4, 0.5) is 4.39 Å². The quantitative estimate of drug-likeness (QED) is 0.0178. The van der Waals surface area contributed by atoms with Crippen LogP contribution in [0.25, 0.3) is 106 Å². The van der Waals surface area contributed by atoms with E-state index in [1.165, 1.54) is 95.1 Å². The number of rotatable bonds is 22. The second-order valence-electron chi connectivity index (χ2n) is 27.0. The molecule has 16 aromatic rings. The van der Waals surface area contributed by atoms with E-state index < -0.39 is 11.9 Å². The Balaban J connectivity index is 0.000000141. The molecule has 0 saturated heterocycles. The fraction of sp³-hybridized carbons (Fsp3) is 0.0714. The highest BCUT2D eigenvalue weighted by atomic mass is 32.1. The highest BCUT2D eigenvalue weighted by Crippen LogP contribution is 2.52. The molecule has 0 unspecified atom stereocenters. The smallest absolute Gasteiger partial charge is 0.330 e. The van der Waals surface area contributed by atoms with Crippen molar-refractivity contribution in [2.75, 3.05) is 20.3 Å². The molecule has 0 bridgehead atoms. The Hall–Kier alpha value is -15.0. The van der Waals surface area contributed by atoms with Gasteiger partial charge in [-0.25, -0.2) is 23.6 Å². The van der Waals surface area contributed by atoms with E-state index in [-0.39, 0.29) is 58.0 Å². The lowest BCUT2D eigenvalue weighted by Gasteiger charge is -2.11. The van der Waals surface area contributed by atoms with E-state index in [0.29, 0.717) is 64.9 Å². The highest BCUT2D eigenvalue weighted by molar-refractivity contribution is 7.24. The molecule has 8 N–H and O–H groups in total. The Labute approximate surface area is 720 Å². The predicted octanol–water partition coefficient (Wildman–Crippen LogP) is 25.0. The van der Waals surface area contributed by atoms with E-state index in [0.717, 1.165) is 116 Å². The number of benzene rings is 11. The molecule has 0 amide bonds. The first kappa shape index (κ1) is 85.8. The second-order valence-corrected chi connectivity index (χ2v) is 31.3. The van der Waals surface area contributed by atoms with E-state index >= 15 is 0 Å². The van der Waals surface area contributed by atoms with Gasteiger partial charge in [-0.15, -0.1) is 45.3 Å². The zero-order chi connectivity index (χ0) is 86.8. The second kappa shape index (κ2) is 39.7. The highest BCUT2D eigenvalue weighted by Gasteiger charge is 2.23. The first-order valence-corrected chi connectivity index (χ1v) is 41.2. The summed E-state index contributed by atoms with van der Waals surface area (Å²) in [5.74, 6) is 3.82. The molecule has 0 fully saturated rings. The molecule has 0 aliphatic carbocycles. The van der Waals surface area contributed by atoms with Crippen molar-refractivity contribution < 1.29 is 97.6 Å². The summed E-state index contributed by atoms with van der Waals surface area (Å²) >= 11 is 5.95. The number of methoxy groups -OCH3 is 1. The minimum Gasteiger partial charge on any atom is -0.508 e. The zero-order valence-corrected chi connectivity index (χ0v) is 69.5. The number of aliphatic carboxylic acids is 1. The molecule has 25 heteroatoms. The van der Waals surface area contributed by atoms with Crippen molar-refractivity contribution in [1.29, 1.82) is 0 Å². The molecular weight excluding hydrogens is 1640 g/mol. The van der Waals surface area contributed by atoms with E-state index in [9.17, 15) is 59.3 Å². The number of carboxylic acids is 1. The molecule has 0 saturated carbocycles. The van der Waals surface area contributed by atoms with Crippen molar-refractivity contribution in [3.8, 4) is 128 Å². The lowest BCUT2D eigenvalue weighted by atomic mass is 10.1. The molecule has 20 nitrogen and oxygen atoms in total. The number of pyridine rings is 1. The molecule has 0 spiro atoms. The number of nitrogens with zero attached hydrogens (tertiary/aromatic N) is 1. The van der Waals surface area contributed by atoms with Crippen molar-refractivity contribution in [2.24, 2.45) is 0 Å². The number of phenolic OH excluding ortho intramolecular Hbond substituents is 7. The number of aromatic hydroxyl groups is 7. The molecule has 5 heterocycles. The van der Waals surface area contributed by atoms with E-state index in [2.05, 4.69) is 9.72 Å². The normalized spacial score (nSPS) is 11.2. The molecule has 618 valence electrons. The number of carbonyl (C=O) groups excluding carboxylic acids is 3. The van der Waals surface area contributed by atoms with E-state index in [4.69, 9.17) is 33.5 Å². The topological polar surface area (TPSA) is 308 Å². The van der Waals surface area contributed by atoms with Gasteiger partial charge in [-0.05, 0) is 308 Å². The lowest BCUT2D eigenvalue weighted by Crippen LogP contribution is -1.98. The number of halogens is 1. The standard InChI is InChI=1S/2C26H22O5S.C24H17FO4S.C22H15NO5S/c1-3-30-24(29)13-5-17-4-12-22(16(2)14-17)31-25-21-11-10-20(28)15-23(21)32-26(25)18-6-8-19(27)9-7-18;1-3-30-24(29)13-7-17-6-11-21(14-16(17)2)31-25-22-12-10-20(28)15-23(22)32-26(25)18-4-8-19(27)9-5-18;1-28-22(27)13-4-15-2-10-19(11-3-15)29-23-20-12-9-18(26)14-21(20)30-24(23)16-5-7-17(25)8-6-16;24-15-5-1-13(2-6-15)22-21(18-9-7-16(25)11-19(18)29-22)28-17-8-3-14(23-12-17)4-10-20(26)27/h2*4-15,27-28H,3H2,1-2H3;2-14,26H,1H3;1-12,24-25H,(H,26,27)/b13-5+;13-7+;13-4+;10-4+. The number of fused-ring (bicyclic) bond motifs is 4. The Bertz CT molecular complexity index is 6650. The number of esters is 3. The van der Waals surface area contributed by atoms with Crippen molar-refractivity contribution in [2.45, 2.75) is 27.7 Å². The number of hydrogen-bond acceptors (Lipinski definition) is 23. The molecule has 0 aliphatic heterocycles. The third-order valence-electron chi connectivity index (χ3n) is 18.4. The lowest BCUT2D eigenvalue weighted by molar-refractivity contribution is -0.138. The summed E-state index contributed by atoms with van der Waals surface area (Å²) in [5.41, 5.74) is 8.44. The number of phenols is 7. The minimum absolute atomic E-state index is 0.166. The maximum Gasteiger partial charge on any atom is 0.330 e. The first-order chi connectivity index (χ1) is 59.4. The van der Waals surface area contributed by atoms with Gasteiger partial charge in [0.05, 0.1) is 51.7 Å². The Morgan fingerprint density at radius 3 is 1.15 bits per heavy atom. The van der Waals surface area contributed by atoms with Crippen LogP contribution in [-0.4, -0.2) is 90.0 Å². The summed E-state index contributed by atoms with van der Waals surface area (Å²) in [7, 11) is 1.33. The van der Waals surface area contributed by atoms with Gasteiger partial charge in [0.2, 0.25) is 0 Å². The van der Waals surface area contributed by atoms with Gasteiger partial charge in [-0.1, -0.05) is 36.4 Å². The van der Waals surface area contributed by atoms with Crippen molar-refractivity contribution in [1.82, 2.24) is 4.98 Å². The van der Waals surface area contributed by atoms with Crippen molar-refractivity contribution >= 4 is 134 Å². The number of carbonyl (C=O) groups is 4. The third-order valence-corrected chi connectivity index (χ3v) is 23.1. The molecule has 5 aromatic heterocycles. The van der Waals surface area contributed by atoms with Crippen LogP contribution in [0, 0.1) is 19.7 Å². The van der Waals surface area contributed by atoms with Crippen LogP contribution < -0.4 is 18.9 Å². The molecule has 123 heavy (non-hydrogen) atoms. The van der Waals surface area contributed by atoms with E-state index in [1.807, 2.05) is 98.8 Å². The number of ether oxygens (including phenoxy) is 7. The SMILES string of the molecule is CCOC(=O)/C=C/c1ccc(Oc2c(-c3ccc(O)cc3)sc3cc(O)ccc23)c(C)c1.CCOC(=O)/C=C/c1ccc(Oc2c(-c3ccc(O)cc3)sc3cc(O)ccc23)cc1C.COC(=O)/C=C/c1ccc(Oc2c(-c3ccc(F)cc3)sc3cc(O)ccc23)cc1.O=C(O)/C=C/c1ccc(Oc2c(-c3ccc(O)cc3)sc3cc(O)ccc23)cn1. The molecule has 0 atom stereocenters. The Morgan fingerprint density at radius 2 is 0.740 bits per heavy atom. The molecule has 11 aromatic carbocycles. The van der Waals surface area contributed by atoms with Crippen molar-refractivity contribution in [3.05, 3.63) is 312 Å². The van der Waals surface area contributed by atoms with Gasteiger partial charge in [0.25, 0.3) is 0 Å². The van der Waals surface area contributed by atoms with Crippen LogP contribution >= 0.6 is 45.3 Å². The number of aryl methyl sites for hydroxylation is 2. The average molecular weight is 1720 g/mol. The maximum atomic E-state index is 13.4. The summed E-state index contributed by atoms with van der Waals surface area (Å²) in [4.78, 5) is 52.7. The maximum absolute atomic E-state index is 13.4. The predicted molar refractivity (Wildman–Crippen MR) is 483 cm³/mol. The number of carboxylic acid groups (broad SMARTS) is 1. The van der Waals surface area contributed by atoms with Crippen LogP contribution in [0.5, 0.6) is 86.2 Å². The minimum atomic E-state index is -1.04. The first-order valence-electron chi connectivity index (χ1n) is 37.9. The van der Waals surface area contributed by atoms with Crippen LogP contribution in [0.1, 0.15) is 47.4 Å². The summed E-state index contributed by atoms with van der Waals surface area (Å²) in [5, 5.41) is 80.6. The van der Waals surface area contributed by atoms with Gasteiger partial charge in [-0.3, -0.25) is 4.98 Å². The van der Waals surface area contributed by atoms with Gasteiger partial charge in [0.1, 0.15) is 69.1 Å². The van der Waals surface area contributed by atoms with Crippen LogP contribution in [0.15, 0.2) is 273 Å². The third kappa shape index (κ3) is 22.1. The van der Waals surface area contributed by atoms with Crippen LogP contribution in [-0.2, 0) is 33.4 Å². The Kier molecular flexibility index (Phi) is 27.7. The van der Waals surface area contributed by atoms with Crippen LogP contribution in [0.3, 0.4) is 0 Å². The van der Waals surface area contributed by atoms with Gasteiger partial charge in [0.15, 0.2) is 23.0 Å². The monoisotopic (exact) mass is 1720 g/mol. The number of thiophene rings is 4. The largest absolute Gasteiger partial charge is 0.508 e. The summed E-state index contributed by atoms with van der Waals surface area (Å²) in [6.07, 6.45) is 13.2. The molecule has 0 aliphatic rings. The molecule has 16 rings (SSSR count). The summed E-state index contributed by atoms with van der Waals surface area (Å²) in [6, 6.07) is 69.4. The summed E-state index contributed by atoms with van der Waals surface area (Å²) in [6.45, 7) is 8.10.